The maximum atomic E-state index is 10.3. The normalized spacial score (nSPS) is 11.7. The number of carbonyl (C=O) groups is 1. The first-order valence-electron chi connectivity index (χ1n) is 5.40. The van der Waals surface area contributed by atoms with Crippen LogP contribution in [0.3, 0.4) is 0 Å². The summed E-state index contributed by atoms with van der Waals surface area (Å²) in [6.07, 6.45) is 6.85. The average molecular weight is 231 g/mol. The van der Waals surface area contributed by atoms with Gasteiger partial charge in [-0.1, -0.05) is 36.4 Å². The number of hydrogen-bond acceptors (Lipinski definition) is 2. The second kappa shape index (κ2) is 6.66. The van der Waals surface area contributed by atoms with Crippen LogP contribution >= 0.6 is 0 Å². The fourth-order valence-electron chi connectivity index (χ4n) is 1.29. The van der Waals surface area contributed by atoms with E-state index in [1.807, 2.05) is 44.4 Å². The van der Waals surface area contributed by atoms with Crippen molar-refractivity contribution in [2.75, 3.05) is 20.6 Å². The molecule has 1 N–H and O–H groups in total. The first-order chi connectivity index (χ1) is 8.08. The predicted molar refractivity (Wildman–Crippen MR) is 70.7 cm³/mol. The second-order valence-corrected chi connectivity index (χ2v) is 4.00. The Morgan fingerprint density at radius 2 is 1.71 bits per heavy atom. The molecule has 0 spiro atoms. The molecule has 0 amide bonds. The largest absolute Gasteiger partial charge is 0.478 e. The van der Waals surface area contributed by atoms with E-state index in [2.05, 4.69) is 11.0 Å². The first-order valence-corrected chi connectivity index (χ1v) is 5.40. The molecule has 0 aliphatic heterocycles. The molecule has 0 saturated heterocycles. The number of aliphatic carboxylic acids is 1. The Balaban J connectivity index is 2.62. The monoisotopic (exact) mass is 231 g/mol. The molecule has 3 heteroatoms. The Hall–Kier alpha value is -1.87. The summed E-state index contributed by atoms with van der Waals surface area (Å²) in [7, 11) is 4.04. The van der Waals surface area contributed by atoms with Gasteiger partial charge in [0.05, 0.1) is 0 Å². The third-order valence-electron chi connectivity index (χ3n) is 2.14. The van der Waals surface area contributed by atoms with Gasteiger partial charge >= 0.3 is 5.97 Å². The molecule has 0 unspecified atom stereocenters. The second-order valence-electron chi connectivity index (χ2n) is 4.00. The molecule has 0 aliphatic rings. The smallest absolute Gasteiger partial charge is 0.328 e. The highest BCUT2D eigenvalue weighted by atomic mass is 16.4. The summed E-state index contributed by atoms with van der Waals surface area (Å²) >= 11 is 0. The highest BCUT2D eigenvalue weighted by molar-refractivity contribution is 5.85. The van der Waals surface area contributed by atoms with Crippen LogP contribution in [-0.2, 0) is 4.79 Å². The van der Waals surface area contributed by atoms with Gasteiger partial charge in [0.25, 0.3) is 0 Å². The van der Waals surface area contributed by atoms with Crippen LogP contribution in [0.5, 0.6) is 0 Å². The van der Waals surface area contributed by atoms with Gasteiger partial charge in [-0.05, 0) is 31.3 Å². The van der Waals surface area contributed by atoms with Crippen LogP contribution in [0.4, 0.5) is 0 Å². The first kappa shape index (κ1) is 13.2. The summed E-state index contributed by atoms with van der Waals surface area (Å²) in [6.45, 7) is 0.903. The predicted octanol–water partition coefficient (Wildman–Crippen LogP) is 2.36. The van der Waals surface area contributed by atoms with Gasteiger partial charge in [0.1, 0.15) is 0 Å². The molecule has 0 radical (unpaired) electrons. The number of carboxylic acid groups (broad SMARTS) is 1. The molecule has 17 heavy (non-hydrogen) atoms. The molecular formula is C14H17NO2. The molecule has 0 atom stereocenters. The number of likely N-dealkylation sites (N-methyl/N-ethyl adjacent to an activating group) is 1. The minimum atomic E-state index is -0.931. The van der Waals surface area contributed by atoms with Crippen molar-refractivity contribution in [1.82, 2.24) is 4.90 Å². The topological polar surface area (TPSA) is 40.5 Å². The van der Waals surface area contributed by atoms with E-state index in [-0.39, 0.29) is 0 Å². The Labute approximate surface area is 102 Å². The molecule has 0 aromatic heterocycles. The molecule has 3 nitrogen and oxygen atoms in total. The standard InChI is InChI=1S/C14H17NO2/c1-15(2)11-3-4-12-5-7-13(8-6-12)9-10-14(16)17/h3-10H,11H2,1-2H3,(H,16,17)/b4-3+,10-9+. The summed E-state index contributed by atoms with van der Waals surface area (Å²) in [5.41, 5.74) is 2.00. The average Bonchev–Trinajstić information content (AvgIpc) is 2.27. The van der Waals surface area contributed by atoms with Crippen molar-refractivity contribution < 1.29 is 9.90 Å². The molecule has 0 aliphatic carbocycles. The third-order valence-corrected chi connectivity index (χ3v) is 2.14. The van der Waals surface area contributed by atoms with Crippen LogP contribution in [0, 0.1) is 0 Å². The van der Waals surface area contributed by atoms with E-state index >= 15 is 0 Å². The van der Waals surface area contributed by atoms with Crippen molar-refractivity contribution in [2.45, 2.75) is 0 Å². The van der Waals surface area contributed by atoms with Gasteiger partial charge in [-0.3, -0.25) is 0 Å². The molecule has 0 heterocycles. The Morgan fingerprint density at radius 1 is 1.18 bits per heavy atom. The van der Waals surface area contributed by atoms with Crippen LogP contribution < -0.4 is 0 Å². The summed E-state index contributed by atoms with van der Waals surface area (Å²) in [6, 6.07) is 7.73. The number of nitrogens with zero attached hydrogens (tertiary/aromatic N) is 1. The Kier molecular flexibility index (Phi) is 5.17. The highest BCUT2D eigenvalue weighted by Gasteiger charge is 1.90. The lowest BCUT2D eigenvalue weighted by Crippen LogP contribution is -2.10. The van der Waals surface area contributed by atoms with E-state index in [0.29, 0.717) is 0 Å². The van der Waals surface area contributed by atoms with Crippen LogP contribution in [0.1, 0.15) is 11.1 Å². The minimum absolute atomic E-state index is 0.886. The van der Waals surface area contributed by atoms with Crippen LogP contribution in [0.25, 0.3) is 12.2 Å². The third kappa shape index (κ3) is 5.68. The van der Waals surface area contributed by atoms with E-state index in [1.54, 1.807) is 6.08 Å². The van der Waals surface area contributed by atoms with Gasteiger partial charge in [0.15, 0.2) is 0 Å². The fourth-order valence-corrected chi connectivity index (χ4v) is 1.29. The van der Waals surface area contributed by atoms with E-state index in [9.17, 15) is 4.79 Å². The van der Waals surface area contributed by atoms with Crippen molar-refractivity contribution in [3.05, 3.63) is 47.5 Å². The molecule has 1 aromatic carbocycles. The van der Waals surface area contributed by atoms with Crippen molar-refractivity contribution >= 4 is 18.1 Å². The molecule has 0 bridgehead atoms. The van der Waals surface area contributed by atoms with E-state index in [0.717, 1.165) is 23.7 Å². The van der Waals surface area contributed by atoms with Gasteiger partial charge in [-0.15, -0.1) is 0 Å². The summed E-state index contributed by atoms with van der Waals surface area (Å²) < 4.78 is 0. The van der Waals surface area contributed by atoms with Crippen molar-refractivity contribution in [2.24, 2.45) is 0 Å². The fraction of sp³-hybridized carbons (Fsp3) is 0.214. The molecule has 0 saturated carbocycles. The summed E-state index contributed by atoms with van der Waals surface area (Å²) in [4.78, 5) is 12.4. The quantitative estimate of drug-likeness (QED) is 0.791. The lowest BCUT2D eigenvalue weighted by molar-refractivity contribution is -0.131. The summed E-state index contributed by atoms with van der Waals surface area (Å²) in [5, 5.41) is 8.49. The zero-order valence-corrected chi connectivity index (χ0v) is 10.1. The van der Waals surface area contributed by atoms with E-state index < -0.39 is 5.97 Å². The molecule has 1 rings (SSSR count). The number of rotatable bonds is 5. The van der Waals surface area contributed by atoms with Crippen LogP contribution in [0.15, 0.2) is 36.4 Å². The lowest BCUT2D eigenvalue weighted by atomic mass is 10.1. The van der Waals surface area contributed by atoms with E-state index in [1.165, 1.54) is 0 Å². The number of benzene rings is 1. The van der Waals surface area contributed by atoms with Crippen LogP contribution in [-0.4, -0.2) is 36.6 Å². The zero-order chi connectivity index (χ0) is 12.7. The van der Waals surface area contributed by atoms with Crippen molar-refractivity contribution in [3.8, 4) is 0 Å². The number of hydrogen-bond donors (Lipinski definition) is 1. The maximum Gasteiger partial charge on any atom is 0.328 e. The maximum absolute atomic E-state index is 10.3. The van der Waals surface area contributed by atoms with Gasteiger partial charge in [-0.2, -0.15) is 0 Å². The molecule has 1 aromatic rings. The van der Waals surface area contributed by atoms with E-state index in [4.69, 9.17) is 5.11 Å². The van der Waals surface area contributed by atoms with Gasteiger partial charge in [0, 0.05) is 12.6 Å². The SMILES string of the molecule is CN(C)C/C=C/c1ccc(/C=C/C(=O)O)cc1. The van der Waals surface area contributed by atoms with Crippen molar-refractivity contribution in [3.63, 3.8) is 0 Å². The van der Waals surface area contributed by atoms with Gasteiger partial charge in [-0.25, -0.2) is 4.79 Å². The van der Waals surface area contributed by atoms with Crippen LogP contribution in [0.2, 0.25) is 0 Å². The lowest BCUT2D eigenvalue weighted by Gasteiger charge is -2.03. The Bertz CT molecular complexity index is 416. The van der Waals surface area contributed by atoms with Crippen molar-refractivity contribution in [1.29, 1.82) is 0 Å². The minimum Gasteiger partial charge on any atom is -0.478 e. The Morgan fingerprint density at radius 3 is 2.18 bits per heavy atom. The van der Waals surface area contributed by atoms with Gasteiger partial charge < -0.3 is 10.0 Å². The molecular weight excluding hydrogens is 214 g/mol. The number of carboxylic acids is 1. The zero-order valence-electron chi connectivity index (χ0n) is 10.1. The molecule has 0 fully saturated rings. The summed E-state index contributed by atoms with van der Waals surface area (Å²) in [5.74, 6) is -0.931. The molecule has 90 valence electrons. The van der Waals surface area contributed by atoms with Gasteiger partial charge in [0.2, 0.25) is 0 Å². The highest BCUT2D eigenvalue weighted by Crippen LogP contribution is 2.07.